The van der Waals surface area contributed by atoms with Gasteiger partial charge in [0.1, 0.15) is 6.54 Å². The van der Waals surface area contributed by atoms with Gasteiger partial charge in [0.25, 0.3) is 0 Å². The summed E-state index contributed by atoms with van der Waals surface area (Å²) < 4.78 is 3.04. The van der Waals surface area contributed by atoms with E-state index in [2.05, 4.69) is 10.3 Å². The predicted molar refractivity (Wildman–Crippen MR) is 88.0 cm³/mol. The van der Waals surface area contributed by atoms with Crippen LogP contribution >= 0.6 is 0 Å². The molecule has 3 aromatic rings. The first kappa shape index (κ1) is 15.0. The van der Waals surface area contributed by atoms with Gasteiger partial charge < -0.3 is 5.32 Å². The number of benzene rings is 1. The molecule has 0 saturated carbocycles. The summed E-state index contributed by atoms with van der Waals surface area (Å²) >= 11 is 0. The Morgan fingerprint density at radius 2 is 1.96 bits per heavy atom. The molecule has 1 unspecified atom stereocenters. The lowest BCUT2D eigenvalue weighted by Crippen LogP contribution is -2.34. The third-order valence-corrected chi connectivity index (χ3v) is 3.92. The highest BCUT2D eigenvalue weighted by molar-refractivity contribution is 5.81. The van der Waals surface area contributed by atoms with Gasteiger partial charge in [-0.1, -0.05) is 18.2 Å². The molecular formula is C17H18N4O2. The van der Waals surface area contributed by atoms with Gasteiger partial charge in [-0.3, -0.25) is 18.9 Å². The van der Waals surface area contributed by atoms with Crippen LogP contribution in [-0.4, -0.2) is 20.0 Å². The van der Waals surface area contributed by atoms with Crippen molar-refractivity contribution in [3.63, 3.8) is 0 Å². The summed E-state index contributed by atoms with van der Waals surface area (Å²) in [6.07, 6.45) is 3.41. The first-order valence-corrected chi connectivity index (χ1v) is 7.41. The lowest BCUT2D eigenvalue weighted by Gasteiger charge is -2.14. The van der Waals surface area contributed by atoms with Crippen molar-refractivity contribution in [3.8, 4) is 0 Å². The van der Waals surface area contributed by atoms with Crippen LogP contribution in [0, 0.1) is 0 Å². The van der Waals surface area contributed by atoms with Crippen LogP contribution in [-0.2, 0) is 18.4 Å². The molecule has 1 amide bonds. The summed E-state index contributed by atoms with van der Waals surface area (Å²) in [6.45, 7) is 1.88. The molecule has 0 aliphatic rings. The maximum Gasteiger partial charge on any atom is 0.329 e. The maximum absolute atomic E-state index is 12.3. The minimum absolute atomic E-state index is 0.00914. The Labute approximate surface area is 133 Å². The lowest BCUT2D eigenvalue weighted by molar-refractivity contribution is -0.122. The van der Waals surface area contributed by atoms with Crippen molar-refractivity contribution in [1.82, 2.24) is 19.4 Å². The number of rotatable bonds is 4. The smallest absolute Gasteiger partial charge is 0.329 e. The fourth-order valence-corrected chi connectivity index (χ4v) is 2.66. The topological polar surface area (TPSA) is 68.9 Å². The van der Waals surface area contributed by atoms with Gasteiger partial charge in [-0.05, 0) is 30.7 Å². The van der Waals surface area contributed by atoms with E-state index >= 15 is 0 Å². The standard InChI is InChI=1S/C17H18N4O2/c1-12(13-6-5-9-18-10-13)19-16(22)11-21-15-8-4-3-7-14(15)20(2)17(21)23/h3-10,12H,11H2,1-2H3,(H,19,22). The highest BCUT2D eigenvalue weighted by Crippen LogP contribution is 2.12. The Morgan fingerprint density at radius 1 is 1.22 bits per heavy atom. The van der Waals surface area contributed by atoms with E-state index in [9.17, 15) is 9.59 Å². The van der Waals surface area contributed by atoms with E-state index in [0.717, 1.165) is 16.6 Å². The lowest BCUT2D eigenvalue weighted by atomic mass is 10.1. The second-order valence-electron chi connectivity index (χ2n) is 5.49. The molecule has 0 aliphatic carbocycles. The Balaban J connectivity index is 1.81. The first-order chi connectivity index (χ1) is 11.1. The fourth-order valence-electron chi connectivity index (χ4n) is 2.66. The molecule has 6 heteroatoms. The third kappa shape index (κ3) is 2.88. The number of para-hydroxylation sites is 2. The number of fused-ring (bicyclic) bond motifs is 1. The normalized spacial score (nSPS) is 12.3. The summed E-state index contributed by atoms with van der Waals surface area (Å²) in [4.78, 5) is 28.7. The third-order valence-electron chi connectivity index (χ3n) is 3.92. The Morgan fingerprint density at radius 3 is 2.65 bits per heavy atom. The SMILES string of the molecule is CC(NC(=O)Cn1c(=O)n(C)c2ccccc21)c1cccnc1. The van der Waals surface area contributed by atoms with E-state index in [1.807, 2.05) is 43.3 Å². The van der Waals surface area contributed by atoms with Crippen LogP contribution in [0.5, 0.6) is 0 Å². The van der Waals surface area contributed by atoms with Crippen molar-refractivity contribution in [2.24, 2.45) is 7.05 Å². The molecule has 0 aliphatic heterocycles. The zero-order valence-corrected chi connectivity index (χ0v) is 13.1. The number of hydrogen-bond donors (Lipinski definition) is 1. The number of imidazole rings is 1. The van der Waals surface area contributed by atoms with Crippen molar-refractivity contribution in [2.45, 2.75) is 19.5 Å². The fraction of sp³-hybridized carbons (Fsp3) is 0.235. The highest BCUT2D eigenvalue weighted by atomic mass is 16.2. The molecule has 1 N–H and O–H groups in total. The Bertz CT molecular complexity index is 896. The number of amides is 1. The van der Waals surface area contributed by atoms with E-state index in [1.165, 1.54) is 4.57 Å². The molecule has 0 saturated heterocycles. The quantitative estimate of drug-likeness (QED) is 0.796. The molecular weight excluding hydrogens is 292 g/mol. The minimum atomic E-state index is -0.209. The van der Waals surface area contributed by atoms with Crippen LogP contribution in [0.4, 0.5) is 0 Å². The van der Waals surface area contributed by atoms with Gasteiger partial charge in [0, 0.05) is 19.4 Å². The molecule has 0 spiro atoms. The molecule has 0 fully saturated rings. The number of nitrogens with zero attached hydrogens (tertiary/aromatic N) is 3. The Hall–Kier alpha value is -2.89. The van der Waals surface area contributed by atoms with Gasteiger partial charge in [-0.25, -0.2) is 4.79 Å². The van der Waals surface area contributed by atoms with Crippen molar-refractivity contribution < 1.29 is 4.79 Å². The van der Waals surface area contributed by atoms with Crippen molar-refractivity contribution in [2.75, 3.05) is 0 Å². The first-order valence-electron chi connectivity index (χ1n) is 7.41. The summed E-state index contributed by atoms with van der Waals surface area (Å²) in [5.74, 6) is -0.209. The summed E-state index contributed by atoms with van der Waals surface area (Å²) in [7, 11) is 1.71. The number of pyridine rings is 1. The van der Waals surface area contributed by atoms with Gasteiger partial charge in [0.15, 0.2) is 0 Å². The number of carbonyl (C=O) groups is 1. The molecule has 0 radical (unpaired) electrons. The summed E-state index contributed by atoms with van der Waals surface area (Å²) in [6, 6.07) is 11.0. The van der Waals surface area contributed by atoms with Crippen LogP contribution in [0.3, 0.4) is 0 Å². The van der Waals surface area contributed by atoms with Crippen molar-refractivity contribution in [3.05, 3.63) is 64.8 Å². The zero-order chi connectivity index (χ0) is 16.4. The second-order valence-corrected chi connectivity index (χ2v) is 5.49. The second kappa shape index (κ2) is 6.08. The molecule has 23 heavy (non-hydrogen) atoms. The Kier molecular flexibility index (Phi) is 3.97. The molecule has 1 aromatic carbocycles. The van der Waals surface area contributed by atoms with Gasteiger partial charge in [0.2, 0.25) is 5.91 Å². The van der Waals surface area contributed by atoms with Gasteiger partial charge >= 0.3 is 5.69 Å². The molecule has 0 bridgehead atoms. The van der Waals surface area contributed by atoms with E-state index < -0.39 is 0 Å². The molecule has 6 nitrogen and oxygen atoms in total. The predicted octanol–water partition coefficient (Wildman–Crippen LogP) is 1.61. The minimum Gasteiger partial charge on any atom is -0.348 e. The van der Waals surface area contributed by atoms with Gasteiger partial charge in [-0.2, -0.15) is 0 Å². The zero-order valence-electron chi connectivity index (χ0n) is 13.1. The van der Waals surface area contributed by atoms with Crippen LogP contribution in [0.2, 0.25) is 0 Å². The molecule has 1 atom stereocenters. The molecule has 2 aromatic heterocycles. The molecule has 3 rings (SSSR count). The van der Waals surface area contributed by atoms with Crippen LogP contribution in [0.25, 0.3) is 11.0 Å². The summed E-state index contributed by atoms with van der Waals surface area (Å²) in [5, 5.41) is 2.90. The van der Waals surface area contributed by atoms with Crippen molar-refractivity contribution in [1.29, 1.82) is 0 Å². The number of nitrogens with one attached hydrogen (secondary N) is 1. The van der Waals surface area contributed by atoms with E-state index in [-0.39, 0.29) is 24.2 Å². The van der Waals surface area contributed by atoms with Gasteiger partial charge in [-0.15, -0.1) is 0 Å². The maximum atomic E-state index is 12.3. The average Bonchev–Trinajstić information content (AvgIpc) is 2.81. The molecule has 118 valence electrons. The number of aromatic nitrogens is 3. The van der Waals surface area contributed by atoms with Crippen LogP contribution in [0.1, 0.15) is 18.5 Å². The number of carbonyl (C=O) groups excluding carboxylic acids is 1. The van der Waals surface area contributed by atoms with Gasteiger partial charge in [0.05, 0.1) is 17.1 Å². The average molecular weight is 310 g/mol. The van der Waals surface area contributed by atoms with Crippen LogP contribution in [0.15, 0.2) is 53.6 Å². The van der Waals surface area contributed by atoms with E-state index in [4.69, 9.17) is 0 Å². The largest absolute Gasteiger partial charge is 0.348 e. The number of hydrogen-bond acceptors (Lipinski definition) is 3. The number of aryl methyl sites for hydroxylation is 1. The van der Waals surface area contributed by atoms with Crippen molar-refractivity contribution >= 4 is 16.9 Å². The van der Waals surface area contributed by atoms with Crippen LogP contribution < -0.4 is 11.0 Å². The van der Waals surface area contributed by atoms with E-state index in [1.54, 1.807) is 24.0 Å². The van der Waals surface area contributed by atoms with E-state index in [0.29, 0.717) is 0 Å². The highest BCUT2D eigenvalue weighted by Gasteiger charge is 2.15. The summed E-state index contributed by atoms with van der Waals surface area (Å²) in [5.41, 5.74) is 2.29. The molecule has 2 heterocycles. The monoisotopic (exact) mass is 310 g/mol.